The Labute approximate surface area is 111 Å². The summed E-state index contributed by atoms with van der Waals surface area (Å²) in [5.41, 5.74) is 0.309. The Morgan fingerprint density at radius 2 is 2.26 bits per heavy atom. The van der Waals surface area contributed by atoms with Crippen LogP contribution in [0.2, 0.25) is 0 Å². The number of ether oxygens (including phenoxy) is 1. The highest BCUT2D eigenvalue weighted by molar-refractivity contribution is 5.80. The van der Waals surface area contributed by atoms with E-state index in [2.05, 4.69) is 11.9 Å². The first-order chi connectivity index (χ1) is 8.95. The summed E-state index contributed by atoms with van der Waals surface area (Å²) >= 11 is 0. The highest BCUT2D eigenvalue weighted by Crippen LogP contribution is 2.26. The molecule has 0 aromatic heterocycles. The van der Waals surface area contributed by atoms with Crippen LogP contribution in [0.25, 0.3) is 0 Å². The van der Waals surface area contributed by atoms with Gasteiger partial charge in [0, 0.05) is 12.1 Å². The molecule has 0 aliphatic carbocycles. The molecule has 1 amide bonds. The lowest BCUT2D eigenvalue weighted by atomic mass is 10.1. The number of aliphatic hydroxyl groups is 1. The third-order valence-corrected chi connectivity index (χ3v) is 2.52. The van der Waals surface area contributed by atoms with E-state index in [0.717, 1.165) is 0 Å². The first-order valence-corrected chi connectivity index (χ1v) is 5.98. The molecule has 4 nitrogen and oxygen atoms in total. The van der Waals surface area contributed by atoms with Crippen LogP contribution in [0.5, 0.6) is 5.75 Å². The van der Waals surface area contributed by atoms with Gasteiger partial charge in [0.1, 0.15) is 11.6 Å². The van der Waals surface area contributed by atoms with Crippen molar-refractivity contribution in [1.29, 1.82) is 0 Å². The minimum atomic E-state index is -0.880. The largest absolute Gasteiger partial charge is 0.481 e. The molecule has 0 spiro atoms. The zero-order valence-electron chi connectivity index (χ0n) is 11.0. The molecule has 0 fully saturated rings. The van der Waals surface area contributed by atoms with Crippen molar-refractivity contribution in [3.63, 3.8) is 0 Å². The number of rotatable bonds is 6. The number of carbonyl (C=O) groups excluding carboxylic acids is 1. The average molecular weight is 267 g/mol. The van der Waals surface area contributed by atoms with Gasteiger partial charge in [-0.25, -0.2) is 4.39 Å². The van der Waals surface area contributed by atoms with Gasteiger partial charge >= 0.3 is 0 Å². The van der Waals surface area contributed by atoms with Gasteiger partial charge in [0.15, 0.2) is 6.10 Å². The Morgan fingerprint density at radius 3 is 2.84 bits per heavy atom. The number of aliphatic hydroxyl groups excluding tert-OH is 1. The number of amides is 1. The van der Waals surface area contributed by atoms with Crippen molar-refractivity contribution >= 4 is 5.91 Å². The third-order valence-electron chi connectivity index (χ3n) is 2.52. The molecule has 1 aromatic rings. The highest BCUT2D eigenvalue weighted by Gasteiger charge is 2.17. The van der Waals surface area contributed by atoms with Gasteiger partial charge in [-0.05, 0) is 32.0 Å². The van der Waals surface area contributed by atoms with E-state index >= 15 is 0 Å². The minimum Gasteiger partial charge on any atom is -0.481 e. The summed E-state index contributed by atoms with van der Waals surface area (Å²) in [7, 11) is 0. The SMILES string of the molecule is C=CCNC(=O)C(C)Oc1ccc(F)cc1[C@H](C)O. The van der Waals surface area contributed by atoms with Crippen molar-refractivity contribution in [2.45, 2.75) is 26.1 Å². The molecule has 2 atom stereocenters. The van der Waals surface area contributed by atoms with Gasteiger partial charge in [-0.15, -0.1) is 6.58 Å². The van der Waals surface area contributed by atoms with Crippen molar-refractivity contribution in [2.24, 2.45) is 0 Å². The molecule has 0 aliphatic heterocycles. The summed E-state index contributed by atoms with van der Waals surface area (Å²) in [6, 6.07) is 3.80. The number of hydrogen-bond acceptors (Lipinski definition) is 3. The zero-order valence-corrected chi connectivity index (χ0v) is 11.0. The second-order valence-electron chi connectivity index (χ2n) is 4.15. The lowest BCUT2D eigenvalue weighted by molar-refractivity contribution is -0.127. The minimum absolute atomic E-state index is 0.289. The molecule has 2 N–H and O–H groups in total. The maximum Gasteiger partial charge on any atom is 0.261 e. The molecule has 0 saturated carbocycles. The predicted octanol–water partition coefficient (Wildman–Crippen LogP) is 1.95. The van der Waals surface area contributed by atoms with Crippen molar-refractivity contribution in [2.75, 3.05) is 6.54 Å². The van der Waals surface area contributed by atoms with Gasteiger partial charge in [0.2, 0.25) is 0 Å². The molecule has 104 valence electrons. The second-order valence-corrected chi connectivity index (χ2v) is 4.15. The van der Waals surface area contributed by atoms with E-state index in [0.29, 0.717) is 12.1 Å². The zero-order chi connectivity index (χ0) is 14.4. The molecule has 0 radical (unpaired) electrons. The summed E-state index contributed by atoms with van der Waals surface area (Å²) in [5, 5.41) is 12.2. The number of nitrogens with one attached hydrogen (secondary N) is 1. The Balaban J connectivity index is 2.81. The van der Waals surface area contributed by atoms with Crippen LogP contribution in [0.1, 0.15) is 25.5 Å². The maximum atomic E-state index is 13.1. The van der Waals surface area contributed by atoms with E-state index in [4.69, 9.17) is 4.74 Å². The molecule has 1 rings (SSSR count). The Morgan fingerprint density at radius 1 is 1.58 bits per heavy atom. The molecule has 5 heteroatoms. The Hall–Kier alpha value is -1.88. The van der Waals surface area contributed by atoms with Crippen molar-refractivity contribution in [1.82, 2.24) is 5.32 Å². The van der Waals surface area contributed by atoms with E-state index in [1.807, 2.05) is 0 Å². The molecule has 19 heavy (non-hydrogen) atoms. The van der Waals surface area contributed by atoms with Crippen LogP contribution in [-0.2, 0) is 4.79 Å². The quantitative estimate of drug-likeness (QED) is 0.774. The van der Waals surface area contributed by atoms with Gasteiger partial charge in [-0.1, -0.05) is 6.08 Å². The number of hydrogen-bond donors (Lipinski definition) is 2. The van der Waals surface area contributed by atoms with Gasteiger partial charge in [-0.2, -0.15) is 0 Å². The summed E-state index contributed by atoms with van der Waals surface area (Å²) in [6.45, 7) is 6.92. The Kier molecular flexibility index (Phi) is 5.51. The number of carbonyl (C=O) groups is 1. The Bertz CT molecular complexity index is 460. The van der Waals surface area contributed by atoms with Gasteiger partial charge in [-0.3, -0.25) is 4.79 Å². The standard InChI is InChI=1S/C14H18FNO3/c1-4-7-16-14(18)10(3)19-13-6-5-11(15)8-12(13)9(2)17/h4-6,8-10,17H,1,7H2,2-3H3,(H,16,18)/t9-,10?/m0/s1. The van der Waals surface area contributed by atoms with Crippen LogP contribution < -0.4 is 10.1 Å². The molecule has 1 aromatic carbocycles. The van der Waals surface area contributed by atoms with E-state index in [1.54, 1.807) is 13.0 Å². The molecule has 0 bridgehead atoms. The van der Waals surface area contributed by atoms with Crippen molar-refractivity contribution < 1.29 is 19.0 Å². The van der Waals surface area contributed by atoms with Crippen molar-refractivity contribution in [3.8, 4) is 5.75 Å². The normalized spacial score (nSPS) is 13.5. The topological polar surface area (TPSA) is 58.6 Å². The maximum absolute atomic E-state index is 13.1. The van der Waals surface area contributed by atoms with Crippen LogP contribution in [0.3, 0.4) is 0 Å². The average Bonchev–Trinajstić information content (AvgIpc) is 2.37. The van der Waals surface area contributed by atoms with Crippen LogP contribution >= 0.6 is 0 Å². The van der Waals surface area contributed by atoms with Crippen LogP contribution in [0.4, 0.5) is 4.39 Å². The van der Waals surface area contributed by atoms with Gasteiger partial charge in [0.05, 0.1) is 6.10 Å². The van der Waals surface area contributed by atoms with Gasteiger partial charge < -0.3 is 15.2 Å². The third kappa shape index (κ3) is 4.37. The molecule has 0 saturated heterocycles. The van der Waals surface area contributed by atoms with Gasteiger partial charge in [0.25, 0.3) is 5.91 Å². The second kappa shape index (κ2) is 6.89. The van der Waals surface area contributed by atoms with Crippen LogP contribution in [0.15, 0.2) is 30.9 Å². The van der Waals surface area contributed by atoms with E-state index in [-0.39, 0.29) is 11.7 Å². The fourth-order valence-electron chi connectivity index (χ4n) is 1.51. The fourth-order valence-corrected chi connectivity index (χ4v) is 1.51. The summed E-state index contributed by atoms with van der Waals surface area (Å²) < 4.78 is 18.6. The summed E-state index contributed by atoms with van der Waals surface area (Å²) in [6.07, 6.45) is -0.0685. The smallest absolute Gasteiger partial charge is 0.261 e. The lowest BCUT2D eigenvalue weighted by Crippen LogP contribution is -2.36. The molecule has 1 unspecified atom stereocenters. The first kappa shape index (κ1) is 15.2. The summed E-state index contributed by atoms with van der Waals surface area (Å²) in [5.74, 6) is -0.481. The van der Waals surface area contributed by atoms with E-state index in [9.17, 15) is 14.3 Å². The fraction of sp³-hybridized carbons (Fsp3) is 0.357. The van der Waals surface area contributed by atoms with Crippen molar-refractivity contribution in [3.05, 3.63) is 42.2 Å². The first-order valence-electron chi connectivity index (χ1n) is 5.98. The molecular formula is C14H18FNO3. The highest BCUT2D eigenvalue weighted by atomic mass is 19.1. The molecular weight excluding hydrogens is 249 g/mol. The van der Waals surface area contributed by atoms with E-state index in [1.165, 1.54) is 25.1 Å². The van der Waals surface area contributed by atoms with Crippen LogP contribution in [0, 0.1) is 5.82 Å². The molecule has 0 heterocycles. The monoisotopic (exact) mass is 267 g/mol. The molecule has 0 aliphatic rings. The predicted molar refractivity (Wildman–Crippen MR) is 70.3 cm³/mol. The summed E-state index contributed by atoms with van der Waals surface area (Å²) in [4.78, 5) is 11.6. The number of halogens is 1. The number of benzene rings is 1. The lowest BCUT2D eigenvalue weighted by Gasteiger charge is -2.18. The van der Waals surface area contributed by atoms with E-state index < -0.39 is 18.0 Å². The van der Waals surface area contributed by atoms with Crippen LogP contribution in [-0.4, -0.2) is 23.7 Å².